The van der Waals surface area contributed by atoms with Crippen molar-refractivity contribution in [1.29, 1.82) is 0 Å². The molecule has 0 amide bonds. The molecule has 0 aliphatic carbocycles. The summed E-state index contributed by atoms with van der Waals surface area (Å²) in [4.78, 5) is 3.62. The Labute approximate surface area is 134 Å². The van der Waals surface area contributed by atoms with Crippen LogP contribution in [0.25, 0.3) is 0 Å². The van der Waals surface area contributed by atoms with E-state index in [1.165, 1.54) is 4.88 Å². The van der Waals surface area contributed by atoms with Crippen LogP contribution in [0.2, 0.25) is 10.0 Å². The minimum absolute atomic E-state index is 0.0308. The minimum Gasteiger partial charge on any atom is -0.329 e. The first-order valence-corrected chi connectivity index (χ1v) is 8.21. The summed E-state index contributed by atoms with van der Waals surface area (Å²) in [6.45, 7) is 4.36. The molecule has 20 heavy (non-hydrogen) atoms. The van der Waals surface area contributed by atoms with Crippen molar-refractivity contribution in [1.82, 2.24) is 4.90 Å². The van der Waals surface area contributed by atoms with Crippen LogP contribution in [0.3, 0.4) is 0 Å². The van der Waals surface area contributed by atoms with Crippen molar-refractivity contribution in [3.63, 3.8) is 0 Å². The van der Waals surface area contributed by atoms with Crippen LogP contribution < -0.4 is 5.73 Å². The van der Waals surface area contributed by atoms with Gasteiger partial charge in [0, 0.05) is 33.6 Å². The highest BCUT2D eigenvalue weighted by Crippen LogP contribution is 2.34. The van der Waals surface area contributed by atoms with Gasteiger partial charge in [-0.3, -0.25) is 4.90 Å². The summed E-state index contributed by atoms with van der Waals surface area (Å²) in [7, 11) is 0. The molecule has 1 unspecified atom stereocenters. The number of likely N-dealkylation sites (N-methyl/N-ethyl adjacent to an activating group) is 1. The van der Waals surface area contributed by atoms with Gasteiger partial charge >= 0.3 is 0 Å². The Bertz CT molecular complexity index is 523. The van der Waals surface area contributed by atoms with E-state index in [-0.39, 0.29) is 6.04 Å². The quantitative estimate of drug-likeness (QED) is 0.841. The molecule has 2 aromatic rings. The predicted octanol–water partition coefficient (Wildman–Crippen LogP) is 4.58. The summed E-state index contributed by atoms with van der Waals surface area (Å²) in [6, 6.07) is 9.82. The van der Waals surface area contributed by atoms with Crippen LogP contribution in [0.5, 0.6) is 0 Å². The zero-order valence-corrected chi connectivity index (χ0v) is 13.7. The second-order valence-electron chi connectivity index (χ2n) is 4.53. The summed E-state index contributed by atoms with van der Waals surface area (Å²) in [5.41, 5.74) is 6.92. The lowest BCUT2D eigenvalue weighted by Gasteiger charge is -2.31. The molecule has 0 radical (unpaired) electrons. The molecule has 1 aromatic carbocycles. The van der Waals surface area contributed by atoms with Crippen LogP contribution in [0.1, 0.15) is 23.4 Å². The summed E-state index contributed by atoms with van der Waals surface area (Å²) in [5, 5.41) is 3.44. The van der Waals surface area contributed by atoms with E-state index >= 15 is 0 Å². The van der Waals surface area contributed by atoms with Crippen LogP contribution >= 0.6 is 34.5 Å². The molecule has 1 aromatic heterocycles. The molecule has 0 saturated heterocycles. The van der Waals surface area contributed by atoms with E-state index in [1.54, 1.807) is 11.3 Å². The molecule has 1 atom stereocenters. The van der Waals surface area contributed by atoms with Gasteiger partial charge in [0.25, 0.3) is 0 Å². The molecule has 2 nitrogen and oxygen atoms in total. The molecule has 0 fully saturated rings. The first-order chi connectivity index (χ1) is 9.67. The number of benzene rings is 1. The van der Waals surface area contributed by atoms with Gasteiger partial charge in [0.15, 0.2) is 0 Å². The summed E-state index contributed by atoms with van der Waals surface area (Å²) >= 11 is 14.4. The summed E-state index contributed by atoms with van der Waals surface area (Å²) in [5.74, 6) is 0. The van der Waals surface area contributed by atoms with Crippen LogP contribution in [-0.4, -0.2) is 18.0 Å². The van der Waals surface area contributed by atoms with Gasteiger partial charge < -0.3 is 5.73 Å². The fourth-order valence-electron chi connectivity index (χ4n) is 2.32. The Balaban J connectivity index is 2.29. The first kappa shape index (κ1) is 15.8. The van der Waals surface area contributed by atoms with Crippen molar-refractivity contribution < 1.29 is 0 Å². The van der Waals surface area contributed by atoms with Crippen molar-refractivity contribution >= 4 is 34.5 Å². The number of hydrogen-bond acceptors (Lipinski definition) is 3. The summed E-state index contributed by atoms with van der Waals surface area (Å²) < 4.78 is 0. The molecule has 2 rings (SSSR count). The van der Waals surface area contributed by atoms with Crippen molar-refractivity contribution in [2.24, 2.45) is 5.73 Å². The average Bonchev–Trinajstić information content (AvgIpc) is 2.94. The van der Waals surface area contributed by atoms with E-state index in [0.717, 1.165) is 18.7 Å². The van der Waals surface area contributed by atoms with Crippen LogP contribution in [0.15, 0.2) is 35.7 Å². The fraction of sp³-hybridized carbons (Fsp3) is 0.333. The highest BCUT2D eigenvalue weighted by molar-refractivity contribution is 7.09. The van der Waals surface area contributed by atoms with Gasteiger partial charge in [-0.05, 0) is 30.1 Å². The maximum absolute atomic E-state index is 6.32. The number of rotatable bonds is 6. The lowest BCUT2D eigenvalue weighted by molar-refractivity contribution is 0.205. The third-order valence-corrected chi connectivity index (χ3v) is 4.86. The molecule has 0 aliphatic rings. The number of halogens is 2. The standard InChI is InChI=1S/C15H18Cl2N2S/c1-2-19(10-11-5-4-8-20-11)14(9-18)15-12(16)6-3-7-13(15)17/h3-8,14H,2,9-10,18H2,1H3. The van der Waals surface area contributed by atoms with Gasteiger partial charge in [0.05, 0.1) is 6.04 Å². The van der Waals surface area contributed by atoms with Gasteiger partial charge in [-0.25, -0.2) is 0 Å². The molecular weight excluding hydrogens is 311 g/mol. The second kappa shape index (κ2) is 7.43. The number of nitrogens with two attached hydrogens (primary N) is 1. The van der Waals surface area contributed by atoms with Crippen LogP contribution in [0.4, 0.5) is 0 Å². The zero-order valence-electron chi connectivity index (χ0n) is 11.4. The van der Waals surface area contributed by atoms with Crippen molar-refractivity contribution in [3.8, 4) is 0 Å². The van der Waals surface area contributed by atoms with Crippen molar-refractivity contribution in [3.05, 3.63) is 56.2 Å². The molecule has 1 heterocycles. The van der Waals surface area contributed by atoms with E-state index in [9.17, 15) is 0 Å². The van der Waals surface area contributed by atoms with Gasteiger partial charge in [0.1, 0.15) is 0 Å². The number of hydrogen-bond donors (Lipinski definition) is 1. The molecule has 0 saturated carbocycles. The van der Waals surface area contributed by atoms with Crippen molar-refractivity contribution in [2.75, 3.05) is 13.1 Å². The highest BCUT2D eigenvalue weighted by Gasteiger charge is 2.23. The Kier molecular flexibility index (Phi) is 5.87. The van der Waals surface area contributed by atoms with Crippen LogP contribution in [0, 0.1) is 0 Å². The SMILES string of the molecule is CCN(Cc1cccs1)C(CN)c1c(Cl)cccc1Cl. The van der Waals surface area contributed by atoms with Crippen LogP contribution in [-0.2, 0) is 6.54 Å². The Morgan fingerprint density at radius 2 is 1.90 bits per heavy atom. The lowest BCUT2D eigenvalue weighted by atomic mass is 10.0. The van der Waals surface area contributed by atoms with Gasteiger partial charge in [-0.2, -0.15) is 0 Å². The maximum Gasteiger partial charge on any atom is 0.0503 e. The normalized spacial score (nSPS) is 12.8. The first-order valence-electron chi connectivity index (χ1n) is 6.57. The van der Waals surface area contributed by atoms with E-state index in [4.69, 9.17) is 28.9 Å². The molecule has 0 bridgehead atoms. The number of thiophene rings is 1. The lowest BCUT2D eigenvalue weighted by Crippen LogP contribution is -2.33. The zero-order chi connectivity index (χ0) is 14.5. The van der Waals surface area contributed by atoms with E-state index in [2.05, 4.69) is 29.3 Å². The average molecular weight is 329 g/mol. The van der Waals surface area contributed by atoms with E-state index in [0.29, 0.717) is 16.6 Å². The third kappa shape index (κ3) is 3.54. The van der Waals surface area contributed by atoms with Gasteiger partial charge in [-0.1, -0.05) is 42.3 Å². The number of nitrogens with zero attached hydrogens (tertiary/aromatic N) is 1. The Morgan fingerprint density at radius 3 is 2.40 bits per heavy atom. The molecule has 5 heteroatoms. The molecule has 0 aliphatic heterocycles. The fourth-order valence-corrected chi connectivity index (χ4v) is 3.70. The molecule has 0 spiro atoms. The summed E-state index contributed by atoms with van der Waals surface area (Å²) in [6.07, 6.45) is 0. The third-order valence-electron chi connectivity index (χ3n) is 3.34. The largest absolute Gasteiger partial charge is 0.329 e. The van der Waals surface area contributed by atoms with E-state index in [1.807, 2.05) is 18.2 Å². The highest BCUT2D eigenvalue weighted by atomic mass is 35.5. The maximum atomic E-state index is 6.32. The van der Waals surface area contributed by atoms with Crippen molar-refractivity contribution in [2.45, 2.75) is 19.5 Å². The smallest absolute Gasteiger partial charge is 0.0503 e. The Morgan fingerprint density at radius 1 is 1.20 bits per heavy atom. The molecular formula is C15H18Cl2N2S. The molecule has 2 N–H and O–H groups in total. The monoisotopic (exact) mass is 328 g/mol. The van der Waals surface area contributed by atoms with Gasteiger partial charge in [0.2, 0.25) is 0 Å². The van der Waals surface area contributed by atoms with Gasteiger partial charge in [-0.15, -0.1) is 11.3 Å². The Hall–Kier alpha value is -0.580. The predicted molar refractivity (Wildman–Crippen MR) is 88.7 cm³/mol. The molecule has 108 valence electrons. The second-order valence-corrected chi connectivity index (χ2v) is 6.38. The topological polar surface area (TPSA) is 29.3 Å². The minimum atomic E-state index is 0.0308. The van der Waals surface area contributed by atoms with E-state index < -0.39 is 0 Å².